The Kier molecular flexibility index (Phi) is 5.02. The van der Waals surface area contributed by atoms with E-state index in [1.54, 1.807) is 0 Å². The SMILES string of the molecule is CC(c1ccc(Oc2ccc([N+](=O)[O-])cn2)cc1)N1CCOCC1. The van der Waals surface area contributed by atoms with Crippen molar-refractivity contribution < 1.29 is 14.4 Å². The monoisotopic (exact) mass is 329 g/mol. The van der Waals surface area contributed by atoms with Crippen molar-refractivity contribution in [1.82, 2.24) is 9.88 Å². The number of morpholine rings is 1. The summed E-state index contributed by atoms with van der Waals surface area (Å²) in [5, 5.41) is 10.6. The second-order valence-electron chi connectivity index (χ2n) is 5.61. The van der Waals surface area contributed by atoms with Crippen LogP contribution >= 0.6 is 0 Å². The van der Waals surface area contributed by atoms with Crippen LogP contribution < -0.4 is 4.74 Å². The Morgan fingerprint density at radius 2 is 1.92 bits per heavy atom. The summed E-state index contributed by atoms with van der Waals surface area (Å²) in [4.78, 5) is 16.5. The van der Waals surface area contributed by atoms with Gasteiger partial charge in [0.15, 0.2) is 0 Å². The van der Waals surface area contributed by atoms with Gasteiger partial charge in [0.1, 0.15) is 11.9 Å². The van der Waals surface area contributed by atoms with Gasteiger partial charge in [-0.05, 0) is 24.6 Å². The summed E-state index contributed by atoms with van der Waals surface area (Å²) in [6.07, 6.45) is 1.18. The summed E-state index contributed by atoms with van der Waals surface area (Å²) in [5.74, 6) is 0.976. The Balaban J connectivity index is 1.64. The first-order valence-corrected chi connectivity index (χ1v) is 7.83. The number of ether oxygens (including phenoxy) is 2. The van der Waals surface area contributed by atoms with Gasteiger partial charge in [-0.3, -0.25) is 15.0 Å². The molecule has 0 aliphatic carbocycles. The van der Waals surface area contributed by atoms with E-state index in [-0.39, 0.29) is 5.69 Å². The van der Waals surface area contributed by atoms with Gasteiger partial charge in [0.05, 0.1) is 18.1 Å². The fourth-order valence-corrected chi connectivity index (χ4v) is 2.65. The molecule has 126 valence electrons. The lowest BCUT2D eigenvalue weighted by atomic mass is 10.1. The molecule has 2 aromatic rings. The normalized spacial score (nSPS) is 16.5. The van der Waals surface area contributed by atoms with Gasteiger partial charge in [-0.1, -0.05) is 12.1 Å². The molecule has 0 saturated carbocycles. The Hall–Kier alpha value is -2.51. The predicted molar refractivity (Wildman–Crippen MR) is 88.2 cm³/mol. The van der Waals surface area contributed by atoms with Gasteiger partial charge in [0, 0.05) is 31.3 Å². The molecule has 1 aliphatic heterocycles. The molecule has 0 spiro atoms. The lowest BCUT2D eigenvalue weighted by Crippen LogP contribution is -2.37. The van der Waals surface area contributed by atoms with Gasteiger partial charge < -0.3 is 9.47 Å². The fraction of sp³-hybridized carbons (Fsp3) is 0.353. The minimum atomic E-state index is -0.488. The van der Waals surface area contributed by atoms with Crippen LogP contribution in [0.5, 0.6) is 11.6 Å². The Bertz CT molecular complexity index is 682. The summed E-state index contributed by atoms with van der Waals surface area (Å²) in [7, 11) is 0. The molecule has 1 aromatic carbocycles. The number of aromatic nitrogens is 1. The fourth-order valence-electron chi connectivity index (χ4n) is 2.65. The van der Waals surface area contributed by atoms with Crippen LogP contribution in [0.3, 0.4) is 0 Å². The molecular formula is C17H19N3O4. The second-order valence-corrected chi connectivity index (χ2v) is 5.61. The summed E-state index contributed by atoms with van der Waals surface area (Å²) in [6.45, 7) is 5.60. The van der Waals surface area contributed by atoms with Crippen LogP contribution in [0.4, 0.5) is 5.69 Å². The third-order valence-electron chi connectivity index (χ3n) is 4.11. The highest BCUT2D eigenvalue weighted by atomic mass is 16.6. The summed E-state index contributed by atoms with van der Waals surface area (Å²) < 4.78 is 11.0. The highest BCUT2D eigenvalue weighted by Gasteiger charge is 2.18. The minimum Gasteiger partial charge on any atom is -0.439 e. The largest absolute Gasteiger partial charge is 0.439 e. The van der Waals surface area contributed by atoms with Gasteiger partial charge in [-0.15, -0.1) is 0 Å². The van der Waals surface area contributed by atoms with Gasteiger partial charge in [0.2, 0.25) is 5.88 Å². The zero-order valence-corrected chi connectivity index (χ0v) is 13.4. The molecular weight excluding hydrogens is 310 g/mol. The molecule has 1 unspecified atom stereocenters. The van der Waals surface area contributed by atoms with Crippen LogP contribution in [0, 0.1) is 10.1 Å². The van der Waals surface area contributed by atoms with Crippen LogP contribution in [0.1, 0.15) is 18.5 Å². The number of nitro groups is 1. The van der Waals surface area contributed by atoms with E-state index in [1.165, 1.54) is 23.9 Å². The van der Waals surface area contributed by atoms with Crippen LogP contribution in [0.2, 0.25) is 0 Å². The first kappa shape index (κ1) is 16.4. The quantitative estimate of drug-likeness (QED) is 0.619. The summed E-state index contributed by atoms with van der Waals surface area (Å²) >= 11 is 0. The van der Waals surface area contributed by atoms with E-state index in [0.29, 0.717) is 17.7 Å². The van der Waals surface area contributed by atoms with Gasteiger partial charge in [-0.2, -0.15) is 0 Å². The average molecular weight is 329 g/mol. The van der Waals surface area contributed by atoms with Crippen LogP contribution in [0.15, 0.2) is 42.6 Å². The Labute approximate surface area is 140 Å². The lowest BCUT2D eigenvalue weighted by Gasteiger charge is -2.32. The van der Waals surface area contributed by atoms with Crippen LogP contribution in [-0.2, 0) is 4.74 Å². The second kappa shape index (κ2) is 7.37. The number of nitrogens with zero attached hydrogens (tertiary/aromatic N) is 3. The molecule has 0 N–H and O–H groups in total. The standard InChI is InChI=1S/C17H19N3O4/c1-13(19-8-10-23-11-9-19)14-2-5-16(6-3-14)24-17-7-4-15(12-18-17)20(21)22/h2-7,12-13H,8-11H2,1H3. The predicted octanol–water partition coefficient (Wildman–Crippen LogP) is 3.18. The minimum absolute atomic E-state index is 0.0583. The molecule has 2 heterocycles. The van der Waals surface area contributed by atoms with Gasteiger partial charge in [-0.25, -0.2) is 4.98 Å². The maximum atomic E-state index is 10.6. The third kappa shape index (κ3) is 3.87. The first-order chi connectivity index (χ1) is 11.6. The molecule has 1 fully saturated rings. The Morgan fingerprint density at radius 1 is 1.21 bits per heavy atom. The zero-order chi connectivity index (χ0) is 16.9. The molecule has 1 aliphatic rings. The molecule has 0 bridgehead atoms. The van der Waals surface area contributed by atoms with Crippen molar-refractivity contribution >= 4 is 5.69 Å². The molecule has 0 amide bonds. The molecule has 0 radical (unpaired) electrons. The van der Waals surface area contributed by atoms with E-state index < -0.39 is 4.92 Å². The molecule has 1 saturated heterocycles. The van der Waals surface area contributed by atoms with Crippen molar-refractivity contribution in [2.45, 2.75) is 13.0 Å². The molecule has 7 nitrogen and oxygen atoms in total. The maximum absolute atomic E-state index is 10.6. The smallest absolute Gasteiger partial charge is 0.287 e. The molecule has 7 heteroatoms. The summed E-state index contributed by atoms with van der Waals surface area (Å²) in [6, 6.07) is 11.0. The van der Waals surface area contributed by atoms with Gasteiger partial charge >= 0.3 is 0 Å². The molecule has 1 aromatic heterocycles. The van der Waals surface area contributed by atoms with Crippen molar-refractivity contribution in [1.29, 1.82) is 0 Å². The van der Waals surface area contributed by atoms with E-state index in [0.717, 1.165) is 26.3 Å². The topological polar surface area (TPSA) is 77.7 Å². The summed E-state index contributed by atoms with van der Waals surface area (Å²) in [5.41, 5.74) is 1.15. The van der Waals surface area contributed by atoms with E-state index in [2.05, 4.69) is 16.8 Å². The molecule has 1 atom stereocenters. The van der Waals surface area contributed by atoms with E-state index in [4.69, 9.17) is 9.47 Å². The van der Waals surface area contributed by atoms with E-state index >= 15 is 0 Å². The number of benzene rings is 1. The number of pyridine rings is 1. The highest BCUT2D eigenvalue weighted by Crippen LogP contribution is 2.26. The number of rotatable bonds is 5. The molecule has 24 heavy (non-hydrogen) atoms. The van der Waals surface area contributed by atoms with Crippen molar-refractivity contribution in [3.05, 3.63) is 58.3 Å². The van der Waals surface area contributed by atoms with Crippen molar-refractivity contribution in [3.63, 3.8) is 0 Å². The highest BCUT2D eigenvalue weighted by molar-refractivity contribution is 5.34. The first-order valence-electron chi connectivity index (χ1n) is 7.83. The average Bonchev–Trinajstić information content (AvgIpc) is 2.63. The van der Waals surface area contributed by atoms with Crippen molar-refractivity contribution in [2.75, 3.05) is 26.3 Å². The van der Waals surface area contributed by atoms with E-state index in [1.807, 2.05) is 24.3 Å². The zero-order valence-electron chi connectivity index (χ0n) is 13.4. The van der Waals surface area contributed by atoms with Crippen LogP contribution in [-0.4, -0.2) is 41.1 Å². The van der Waals surface area contributed by atoms with Crippen LogP contribution in [0.25, 0.3) is 0 Å². The maximum Gasteiger partial charge on any atom is 0.287 e. The van der Waals surface area contributed by atoms with Crippen molar-refractivity contribution in [3.8, 4) is 11.6 Å². The Morgan fingerprint density at radius 3 is 2.50 bits per heavy atom. The molecule has 3 rings (SSSR count). The van der Waals surface area contributed by atoms with Crippen molar-refractivity contribution in [2.24, 2.45) is 0 Å². The lowest BCUT2D eigenvalue weighted by molar-refractivity contribution is -0.385. The third-order valence-corrected chi connectivity index (χ3v) is 4.11. The number of hydrogen-bond donors (Lipinski definition) is 0. The van der Waals surface area contributed by atoms with E-state index in [9.17, 15) is 10.1 Å². The van der Waals surface area contributed by atoms with Gasteiger partial charge in [0.25, 0.3) is 5.69 Å². The number of hydrogen-bond acceptors (Lipinski definition) is 6.